The average molecular weight is 268 g/mol. The van der Waals surface area contributed by atoms with E-state index in [1.807, 2.05) is 23.6 Å². The number of rotatable bonds is 4. The lowest BCUT2D eigenvalue weighted by Gasteiger charge is -2.04. The van der Waals surface area contributed by atoms with Gasteiger partial charge in [-0.3, -0.25) is 4.98 Å². The van der Waals surface area contributed by atoms with Crippen molar-refractivity contribution < 1.29 is 8.42 Å². The molecule has 0 aliphatic carbocycles. The van der Waals surface area contributed by atoms with Gasteiger partial charge in [-0.25, -0.2) is 13.1 Å². The summed E-state index contributed by atoms with van der Waals surface area (Å²) in [4.78, 5) is 5.24. The van der Waals surface area contributed by atoms with Crippen LogP contribution in [0.15, 0.2) is 36.0 Å². The lowest BCUT2D eigenvalue weighted by Crippen LogP contribution is -2.21. The average Bonchev–Trinajstić information content (AvgIpc) is 2.79. The van der Waals surface area contributed by atoms with Crippen molar-refractivity contribution in [1.29, 1.82) is 0 Å². The summed E-state index contributed by atoms with van der Waals surface area (Å²) in [5, 5.41) is 2.00. The van der Waals surface area contributed by atoms with Gasteiger partial charge in [-0.1, -0.05) is 6.07 Å². The molecule has 0 saturated carbocycles. The summed E-state index contributed by atoms with van der Waals surface area (Å²) >= 11 is 1.63. The Bertz CT molecular complexity index is 592. The fourth-order valence-corrected chi connectivity index (χ4v) is 2.51. The van der Waals surface area contributed by atoms with Crippen molar-refractivity contribution in [2.75, 3.05) is 6.26 Å². The van der Waals surface area contributed by atoms with Crippen LogP contribution in [0, 0.1) is 0 Å². The van der Waals surface area contributed by atoms with Crippen LogP contribution in [0.3, 0.4) is 0 Å². The van der Waals surface area contributed by atoms with Crippen LogP contribution in [0.1, 0.15) is 5.56 Å². The second-order valence-corrected chi connectivity index (χ2v) is 6.43. The van der Waals surface area contributed by atoms with E-state index in [4.69, 9.17) is 0 Å². The zero-order chi connectivity index (χ0) is 12.3. The maximum atomic E-state index is 11.0. The summed E-state index contributed by atoms with van der Waals surface area (Å²) in [5.74, 6) is 0. The van der Waals surface area contributed by atoms with E-state index >= 15 is 0 Å². The summed E-state index contributed by atoms with van der Waals surface area (Å²) in [5.41, 5.74) is 1.86. The number of nitrogens with zero attached hydrogens (tertiary/aromatic N) is 1. The second kappa shape index (κ2) is 4.95. The van der Waals surface area contributed by atoms with Gasteiger partial charge in [-0.2, -0.15) is 0 Å². The maximum Gasteiger partial charge on any atom is 0.209 e. The number of hydrogen-bond donors (Lipinski definition) is 1. The Hall–Kier alpha value is -1.24. The van der Waals surface area contributed by atoms with Crippen molar-refractivity contribution in [3.63, 3.8) is 0 Å². The van der Waals surface area contributed by atoms with Gasteiger partial charge >= 0.3 is 0 Å². The first-order valence-corrected chi connectivity index (χ1v) is 7.74. The van der Waals surface area contributed by atoms with Gasteiger partial charge in [0.05, 0.1) is 6.26 Å². The molecule has 0 aliphatic heterocycles. The summed E-state index contributed by atoms with van der Waals surface area (Å²) in [7, 11) is -3.16. The SMILES string of the molecule is CS(=O)(=O)NCc1cncc(-c2cccs2)c1. The zero-order valence-electron chi connectivity index (χ0n) is 9.25. The van der Waals surface area contributed by atoms with Crippen molar-refractivity contribution in [2.24, 2.45) is 0 Å². The Morgan fingerprint density at radius 1 is 1.41 bits per heavy atom. The minimum absolute atomic E-state index is 0.269. The molecular formula is C11H12N2O2S2. The number of sulfonamides is 1. The normalized spacial score (nSPS) is 11.6. The summed E-state index contributed by atoms with van der Waals surface area (Å²) in [6.45, 7) is 0.269. The van der Waals surface area contributed by atoms with Gasteiger partial charge < -0.3 is 0 Å². The van der Waals surface area contributed by atoms with Gasteiger partial charge in [0.15, 0.2) is 0 Å². The molecule has 6 heteroatoms. The highest BCUT2D eigenvalue weighted by atomic mass is 32.2. The van der Waals surface area contributed by atoms with E-state index in [1.54, 1.807) is 23.7 Å². The van der Waals surface area contributed by atoms with E-state index in [1.165, 1.54) is 0 Å². The number of aromatic nitrogens is 1. The Labute approximate surface area is 104 Å². The molecule has 17 heavy (non-hydrogen) atoms. The predicted molar refractivity (Wildman–Crippen MR) is 69.2 cm³/mol. The van der Waals surface area contributed by atoms with Crippen LogP contribution < -0.4 is 4.72 Å². The van der Waals surface area contributed by atoms with Crippen molar-refractivity contribution in [2.45, 2.75) is 6.54 Å². The van der Waals surface area contributed by atoms with E-state index in [9.17, 15) is 8.42 Å². The predicted octanol–water partition coefficient (Wildman–Crippen LogP) is 1.86. The Morgan fingerprint density at radius 2 is 2.24 bits per heavy atom. The van der Waals surface area contributed by atoms with Crippen LogP contribution in [0.2, 0.25) is 0 Å². The summed E-state index contributed by atoms with van der Waals surface area (Å²) in [6.07, 6.45) is 4.58. The van der Waals surface area contributed by atoms with Gasteiger partial charge in [-0.05, 0) is 23.1 Å². The van der Waals surface area contributed by atoms with E-state index in [0.29, 0.717) is 0 Å². The molecule has 1 N–H and O–H groups in total. The smallest absolute Gasteiger partial charge is 0.209 e. The third-order valence-corrected chi connectivity index (χ3v) is 3.73. The Morgan fingerprint density at radius 3 is 2.88 bits per heavy atom. The molecule has 2 heterocycles. The van der Waals surface area contributed by atoms with Crippen LogP contribution in [0.5, 0.6) is 0 Å². The maximum absolute atomic E-state index is 11.0. The topological polar surface area (TPSA) is 59.1 Å². The molecule has 2 aromatic heterocycles. The number of thiophene rings is 1. The lowest BCUT2D eigenvalue weighted by atomic mass is 10.2. The van der Waals surface area contributed by atoms with Crippen LogP contribution in [0.25, 0.3) is 10.4 Å². The first-order chi connectivity index (χ1) is 8.04. The van der Waals surface area contributed by atoms with Gasteiger partial charge in [-0.15, -0.1) is 11.3 Å². The van der Waals surface area contributed by atoms with E-state index in [0.717, 1.165) is 22.3 Å². The van der Waals surface area contributed by atoms with Gasteiger partial charge in [0, 0.05) is 29.4 Å². The molecule has 0 unspecified atom stereocenters. The number of pyridine rings is 1. The van der Waals surface area contributed by atoms with Crippen molar-refractivity contribution in [1.82, 2.24) is 9.71 Å². The molecule has 90 valence electrons. The molecule has 0 fully saturated rings. The quantitative estimate of drug-likeness (QED) is 0.920. The molecule has 0 radical (unpaired) electrons. The van der Waals surface area contributed by atoms with Gasteiger partial charge in [0.25, 0.3) is 0 Å². The molecule has 2 rings (SSSR count). The van der Waals surface area contributed by atoms with E-state index in [2.05, 4.69) is 9.71 Å². The van der Waals surface area contributed by atoms with Crippen LogP contribution in [0.4, 0.5) is 0 Å². The monoisotopic (exact) mass is 268 g/mol. The fraction of sp³-hybridized carbons (Fsp3) is 0.182. The zero-order valence-corrected chi connectivity index (χ0v) is 10.9. The highest BCUT2D eigenvalue weighted by Crippen LogP contribution is 2.24. The van der Waals surface area contributed by atoms with Gasteiger partial charge in [0.1, 0.15) is 0 Å². The third-order valence-electron chi connectivity index (χ3n) is 2.14. The first kappa shape index (κ1) is 12.2. The van der Waals surface area contributed by atoms with E-state index in [-0.39, 0.29) is 6.54 Å². The van der Waals surface area contributed by atoms with Crippen LogP contribution in [-0.2, 0) is 16.6 Å². The van der Waals surface area contributed by atoms with Crippen molar-refractivity contribution in [3.8, 4) is 10.4 Å². The Kier molecular flexibility index (Phi) is 3.56. The van der Waals surface area contributed by atoms with Crippen molar-refractivity contribution >= 4 is 21.4 Å². The highest BCUT2D eigenvalue weighted by Gasteiger charge is 2.04. The van der Waals surface area contributed by atoms with Crippen LogP contribution in [-0.4, -0.2) is 19.7 Å². The summed E-state index contributed by atoms with van der Waals surface area (Å²) in [6, 6.07) is 5.92. The van der Waals surface area contributed by atoms with E-state index < -0.39 is 10.0 Å². The molecule has 0 atom stereocenters. The van der Waals surface area contributed by atoms with Crippen LogP contribution >= 0.6 is 11.3 Å². The minimum atomic E-state index is -3.16. The molecule has 4 nitrogen and oxygen atoms in total. The lowest BCUT2D eigenvalue weighted by molar-refractivity contribution is 0.587. The Balaban J connectivity index is 2.18. The number of nitrogens with one attached hydrogen (secondary N) is 1. The molecule has 0 aromatic carbocycles. The van der Waals surface area contributed by atoms with Crippen molar-refractivity contribution in [3.05, 3.63) is 41.5 Å². The molecule has 2 aromatic rings. The van der Waals surface area contributed by atoms with Gasteiger partial charge in [0.2, 0.25) is 10.0 Å². The third kappa shape index (κ3) is 3.62. The molecule has 0 saturated heterocycles. The molecule has 0 spiro atoms. The molecular weight excluding hydrogens is 256 g/mol. The minimum Gasteiger partial charge on any atom is -0.264 e. The molecule has 0 amide bonds. The first-order valence-electron chi connectivity index (χ1n) is 4.97. The fourth-order valence-electron chi connectivity index (χ4n) is 1.38. The standard InChI is InChI=1S/C11H12N2O2S2/c1-17(14,15)13-7-9-5-10(8-12-6-9)11-3-2-4-16-11/h2-6,8,13H,7H2,1H3. The molecule has 0 bridgehead atoms. The summed E-state index contributed by atoms with van der Waals surface area (Å²) < 4.78 is 24.4. The molecule has 0 aliphatic rings. The highest BCUT2D eigenvalue weighted by molar-refractivity contribution is 7.88. The second-order valence-electron chi connectivity index (χ2n) is 3.65. The largest absolute Gasteiger partial charge is 0.264 e. The number of hydrogen-bond acceptors (Lipinski definition) is 4.